The van der Waals surface area contributed by atoms with Gasteiger partial charge in [-0.1, -0.05) is 6.92 Å². The van der Waals surface area contributed by atoms with Crippen molar-refractivity contribution in [1.82, 2.24) is 0 Å². The molecule has 0 aromatic carbocycles. The van der Waals surface area contributed by atoms with Gasteiger partial charge in [-0.3, -0.25) is 0 Å². The van der Waals surface area contributed by atoms with Crippen molar-refractivity contribution < 1.29 is 19.7 Å². The van der Waals surface area contributed by atoms with Crippen LogP contribution in [0.5, 0.6) is 0 Å². The van der Waals surface area contributed by atoms with Gasteiger partial charge in [0.2, 0.25) is 0 Å². The molecule has 0 aromatic rings. The molecule has 0 radical (unpaired) electrons. The lowest BCUT2D eigenvalue weighted by Gasteiger charge is -2.16. The molecule has 0 saturated heterocycles. The molecule has 0 fully saturated rings. The summed E-state index contributed by atoms with van der Waals surface area (Å²) in [6, 6.07) is 0. The summed E-state index contributed by atoms with van der Waals surface area (Å²) in [4.78, 5) is 0. The van der Waals surface area contributed by atoms with Crippen LogP contribution in [0.25, 0.3) is 0 Å². The van der Waals surface area contributed by atoms with Crippen LogP contribution < -0.4 is 0 Å². The third-order valence-electron chi connectivity index (χ3n) is 0.779. The summed E-state index contributed by atoms with van der Waals surface area (Å²) in [5.41, 5.74) is 0. The molecule has 0 aliphatic carbocycles. The summed E-state index contributed by atoms with van der Waals surface area (Å²) in [7, 11) is 0. The molecule has 0 saturated carbocycles. The van der Waals surface area contributed by atoms with Crippen LogP contribution in [0.3, 0.4) is 0 Å². The first kappa shape index (κ1) is 7.81. The number of hydrogen-bond acceptors (Lipinski definition) is 3. The van der Waals surface area contributed by atoms with E-state index in [1.807, 2.05) is 0 Å². The van der Waals surface area contributed by atoms with Crippen LogP contribution in [0.4, 0.5) is 4.39 Å². The molecule has 0 rings (SSSR count). The minimum Gasteiger partial charge on any atom is -0.341 e. The van der Waals surface area contributed by atoms with E-state index in [0.29, 0.717) is 0 Å². The first-order chi connectivity index (χ1) is 3.48. The van der Waals surface area contributed by atoms with Gasteiger partial charge in [-0.15, -0.1) is 0 Å². The zero-order chi connectivity index (χ0) is 6.78. The molecule has 0 amide bonds. The van der Waals surface area contributed by atoms with Gasteiger partial charge in [0.1, 0.15) is 0 Å². The Kier molecular flexibility index (Phi) is 2.33. The van der Waals surface area contributed by atoms with Crippen LogP contribution in [0.15, 0.2) is 0 Å². The lowest BCUT2D eigenvalue weighted by Crippen LogP contribution is -2.38. The first-order valence-electron chi connectivity index (χ1n) is 2.29. The highest BCUT2D eigenvalue weighted by molar-refractivity contribution is 4.59. The molecule has 3 N–H and O–H groups in total. The van der Waals surface area contributed by atoms with E-state index in [-0.39, 0.29) is 6.42 Å². The minimum atomic E-state index is -3.16. The van der Waals surface area contributed by atoms with Crippen molar-refractivity contribution in [2.75, 3.05) is 0 Å². The van der Waals surface area contributed by atoms with Crippen molar-refractivity contribution in [2.24, 2.45) is 0 Å². The number of rotatable bonds is 2. The summed E-state index contributed by atoms with van der Waals surface area (Å²) < 4.78 is 11.9. The molecular weight excluding hydrogens is 115 g/mol. The van der Waals surface area contributed by atoms with E-state index in [4.69, 9.17) is 15.3 Å². The molecule has 1 atom stereocenters. The van der Waals surface area contributed by atoms with Gasteiger partial charge in [-0.2, -0.15) is 0 Å². The Balaban J connectivity index is 3.62. The molecule has 0 aromatic heterocycles. The highest BCUT2D eigenvalue weighted by Crippen LogP contribution is 2.08. The Morgan fingerprint density at radius 1 is 1.50 bits per heavy atom. The standard InChI is InChI=1S/C4H9FO3/c1-2-3(5)4(6,7)8/h3,6-8H,2H2,1H3. The molecule has 4 heteroatoms. The van der Waals surface area contributed by atoms with Crippen LogP contribution in [-0.4, -0.2) is 27.5 Å². The van der Waals surface area contributed by atoms with Gasteiger partial charge >= 0.3 is 5.97 Å². The normalized spacial score (nSPS) is 16.1. The maximum atomic E-state index is 11.9. The van der Waals surface area contributed by atoms with Crippen molar-refractivity contribution in [3.05, 3.63) is 0 Å². The molecule has 0 spiro atoms. The van der Waals surface area contributed by atoms with Crippen molar-refractivity contribution in [3.63, 3.8) is 0 Å². The molecule has 50 valence electrons. The monoisotopic (exact) mass is 124 g/mol. The summed E-state index contributed by atoms with van der Waals surface area (Å²) in [6.07, 6.45) is -2.11. The van der Waals surface area contributed by atoms with Crippen LogP contribution >= 0.6 is 0 Å². The van der Waals surface area contributed by atoms with Crippen molar-refractivity contribution in [1.29, 1.82) is 0 Å². The van der Waals surface area contributed by atoms with Crippen LogP contribution in [0, 0.1) is 0 Å². The number of hydrogen-bond donors (Lipinski definition) is 3. The largest absolute Gasteiger partial charge is 0.341 e. The molecule has 3 nitrogen and oxygen atoms in total. The second-order valence-electron chi connectivity index (χ2n) is 1.56. The molecule has 8 heavy (non-hydrogen) atoms. The van der Waals surface area contributed by atoms with Crippen molar-refractivity contribution in [2.45, 2.75) is 25.5 Å². The average molecular weight is 124 g/mol. The highest BCUT2D eigenvalue weighted by Gasteiger charge is 2.29. The zero-order valence-electron chi connectivity index (χ0n) is 4.50. The predicted octanol–water partition coefficient (Wildman–Crippen LogP) is -0.635. The molecule has 1 unspecified atom stereocenters. The minimum absolute atomic E-state index is 0.122. The van der Waals surface area contributed by atoms with E-state index < -0.39 is 12.1 Å². The van der Waals surface area contributed by atoms with Gasteiger partial charge in [0, 0.05) is 0 Å². The SMILES string of the molecule is CCC(F)C(O)(O)O. The lowest BCUT2D eigenvalue weighted by molar-refractivity contribution is -0.342. The van der Waals surface area contributed by atoms with Crippen molar-refractivity contribution in [3.8, 4) is 0 Å². The molecule has 0 heterocycles. The van der Waals surface area contributed by atoms with E-state index in [1.54, 1.807) is 0 Å². The number of aliphatic hydroxyl groups is 3. The van der Waals surface area contributed by atoms with E-state index in [9.17, 15) is 4.39 Å². The summed E-state index contributed by atoms with van der Waals surface area (Å²) in [6.45, 7) is 1.39. The molecule has 0 aliphatic rings. The summed E-state index contributed by atoms with van der Waals surface area (Å²) in [5.74, 6) is -3.16. The van der Waals surface area contributed by atoms with Gasteiger partial charge in [-0.25, -0.2) is 4.39 Å². The van der Waals surface area contributed by atoms with E-state index in [0.717, 1.165) is 0 Å². The topological polar surface area (TPSA) is 60.7 Å². The Labute approximate surface area is 46.4 Å². The van der Waals surface area contributed by atoms with E-state index in [2.05, 4.69) is 0 Å². The van der Waals surface area contributed by atoms with Gasteiger partial charge in [-0.05, 0) is 6.42 Å². The van der Waals surface area contributed by atoms with Crippen LogP contribution in [0.2, 0.25) is 0 Å². The fourth-order valence-electron chi connectivity index (χ4n) is 0.274. The van der Waals surface area contributed by atoms with Gasteiger partial charge in [0.15, 0.2) is 6.17 Å². The first-order valence-corrected chi connectivity index (χ1v) is 2.29. The third-order valence-corrected chi connectivity index (χ3v) is 0.779. The van der Waals surface area contributed by atoms with E-state index in [1.165, 1.54) is 6.92 Å². The fraction of sp³-hybridized carbons (Fsp3) is 1.00. The lowest BCUT2D eigenvalue weighted by atomic mass is 10.3. The smallest absolute Gasteiger partial charge is 0.308 e. The van der Waals surface area contributed by atoms with Crippen LogP contribution in [0.1, 0.15) is 13.3 Å². The maximum absolute atomic E-state index is 11.9. The Morgan fingerprint density at radius 2 is 1.88 bits per heavy atom. The highest BCUT2D eigenvalue weighted by atomic mass is 19.1. The van der Waals surface area contributed by atoms with Crippen molar-refractivity contribution >= 4 is 0 Å². The number of alkyl halides is 1. The second kappa shape index (κ2) is 2.39. The van der Waals surface area contributed by atoms with Gasteiger partial charge in [0.05, 0.1) is 0 Å². The Bertz CT molecular complexity index is 68.2. The molecule has 0 aliphatic heterocycles. The molecular formula is C4H9FO3. The number of halogens is 1. The Hall–Kier alpha value is -0.190. The van der Waals surface area contributed by atoms with Crippen LogP contribution in [-0.2, 0) is 0 Å². The third kappa shape index (κ3) is 2.20. The maximum Gasteiger partial charge on any atom is 0.308 e. The fourth-order valence-corrected chi connectivity index (χ4v) is 0.274. The average Bonchev–Trinajstić information content (AvgIpc) is 1.62. The van der Waals surface area contributed by atoms with E-state index >= 15 is 0 Å². The zero-order valence-corrected chi connectivity index (χ0v) is 4.50. The summed E-state index contributed by atoms with van der Waals surface area (Å²) >= 11 is 0. The quantitative estimate of drug-likeness (QED) is 0.429. The Morgan fingerprint density at radius 3 is 1.88 bits per heavy atom. The summed E-state index contributed by atoms with van der Waals surface area (Å²) in [5, 5.41) is 24.1. The van der Waals surface area contributed by atoms with Gasteiger partial charge in [0.25, 0.3) is 0 Å². The van der Waals surface area contributed by atoms with Gasteiger partial charge < -0.3 is 15.3 Å². The predicted molar refractivity (Wildman–Crippen MR) is 24.6 cm³/mol. The molecule has 0 bridgehead atoms. The second-order valence-corrected chi connectivity index (χ2v) is 1.56.